The Morgan fingerprint density at radius 3 is 2.80 bits per heavy atom. The Labute approximate surface area is 248 Å². The van der Waals surface area contributed by atoms with Crippen LogP contribution < -0.4 is 37.0 Å². The fraction of sp³-hybridized carbons (Fsp3) is 0.690. The van der Waals surface area contributed by atoms with Gasteiger partial charge in [-0.05, 0) is 0 Å². The third-order valence-electron chi connectivity index (χ3n) is 7.67. The van der Waals surface area contributed by atoms with E-state index in [0.29, 0.717) is 55.5 Å². The van der Waals surface area contributed by atoms with Crippen molar-refractivity contribution in [2.45, 2.75) is 51.8 Å². The van der Waals surface area contributed by atoms with Crippen molar-refractivity contribution >= 4 is 11.6 Å². The number of benzene rings is 1. The number of aliphatic hydroxyl groups is 1. The van der Waals surface area contributed by atoms with Crippen LogP contribution >= 0.6 is 0 Å². The Balaban J connectivity index is 1.60. The summed E-state index contributed by atoms with van der Waals surface area (Å²) in [6.45, 7) is 9.79. The first-order chi connectivity index (χ1) is 19.4. The summed E-state index contributed by atoms with van der Waals surface area (Å²) >= 11 is -0.583. The van der Waals surface area contributed by atoms with Gasteiger partial charge in [0.25, 0.3) is 0 Å². The molecule has 3 aliphatic heterocycles. The van der Waals surface area contributed by atoms with Crippen molar-refractivity contribution < 1.29 is 45.0 Å². The van der Waals surface area contributed by atoms with E-state index in [4.69, 9.17) is 9.47 Å². The fourth-order valence-electron chi connectivity index (χ4n) is 5.70. The molecule has 1 aromatic rings. The molecule has 1 amide bonds. The second-order valence-corrected chi connectivity index (χ2v) is 13.8. The average Bonchev–Trinajstić information content (AvgIpc) is 2.97. The maximum atomic E-state index is 14.5. The van der Waals surface area contributed by atoms with Crippen LogP contribution in [0.3, 0.4) is 0 Å². The molecule has 9 nitrogen and oxygen atoms in total. The predicted molar refractivity (Wildman–Crippen MR) is 149 cm³/mol. The topological polar surface area (TPSA) is 89.5 Å². The van der Waals surface area contributed by atoms with Crippen molar-refractivity contribution in [1.82, 2.24) is 20.5 Å². The van der Waals surface area contributed by atoms with Gasteiger partial charge in [0, 0.05) is 0 Å². The van der Waals surface area contributed by atoms with Gasteiger partial charge in [-0.3, -0.25) is 0 Å². The first kappa shape index (κ1) is 31.6. The number of anilines is 1. The van der Waals surface area contributed by atoms with Crippen LogP contribution in [0.1, 0.15) is 39.5 Å². The van der Waals surface area contributed by atoms with Crippen LogP contribution in [0.4, 0.5) is 10.1 Å². The van der Waals surface area contributed by atoms with Gasteiger partial charge in [0.2, 0.25) is 0 Å². The molecule has 3 N–H and O–H groups in total. The molecule has 2 fully saturated rings. The molecule has 40 heavy (non-hydrogen) atoms. The molecule has 3 heterocycles. The van der Waals surface area contributed by atoms with Crippen molar-refractivity contribution in [3.05, 3.63) is 39.4 Å². The number of morpholine rings is 1. The molecule has 0 aliphatic carbocycles. The molecule has 0 bridgehead atoms. The Hall–Kier alpha value is -1.35. The maximum absolute atomic E-state index is 14.5. The number of nitrogens with one attached hydrogen (secondary N) is 2. The molecular weight excluding hydrogens is 628 g/mol. The zero-order chi connectivity index (χ0) is 28.5. The monoisotopic (exact) mass is 674 g/mol. The van der Waals surface area contributed by atoms with Crippen molar-refractivity contribution in [3.63, 3.8) is 0 Å². The Bertz CT molecular complexity index is 993. The molecule has 1 aromatic carbocycles. The minimum atomic E-state index is -0.583. The van der Waals surface area contributed by atoms with Gasteiger partial charge < -0.3 is 0 Å². The number of alkyl halides is 1. The average molecular weight is 675 g/mol. The summed E-state index contributed by atoms with van der Waals surface area (Å²) in [4.78, 5) is 18.6. The van der Waals surface area contributed by atoms with Crippen LogP contribution in [0.2, 0.25) is 0 Å². The van der Waals surface area contributed by atoms with E-state index in [0.717, 1.165) is 48.2 Å². The van der Waals surface area contributed by atoms with Crippen LogP contribution in [0, 0.1) is 17.7 Å². The van der Waals surface area contributed by atoms with E-state index >= 15 is 0 Å². The zero-order valence-electron chi connectivity index (χ0n) is 24.1. The van der Waals surface area contributed by atoms with Crippen LogP contribution in [-0.2, 0) is 14.3 Å². The van der Waals surface area contributed by atoms with Crippen molar-refractivity contribution in [2.24, 2.45) is 11.8 Å². The van der Waals surface area contributed by atoms with Crippen molar-refractivity contribution in [3.8, 4) is 0 Å². The van der Waals surface area contributed by atoms with Gasteiger partial charge in [-0.2, -0.15) is 0 Å². The molecule has 0 saturated carbocycles. The number of piperidine rings is 1. The molecule has 3 aliphatic rings. The summed E-state index contributed by atoms with van der Waals surface area (Å²) in [6, 6.07) is 6.54. The summed E-state index contributed by atoms with van der Waals surface area (Å²) in [5.74, 6) is 0.136. The predicted octanol–water partition coefficient (Wildman–Crippen LogP) is -0.662. The van der Waals surface area contributed by atoms with E-state index in [2.05, 4.69) is 34.4 Å². The van der Waals surface area contributed by atoms with Crippen LogP contribution in [-0.4, -0.2) is 97.3 Å². The summed E-state index contributed by atoms with van der Waals surface area (Å²) in [6.07, 6.45) is 2.68. The van der Waals surface area contributed by atoms with Crippen molar-refractivity contribution in [2.75, 3.05) is 69.2 Å². The third kappa shape index (κ3) is 8.36. The summed E-state index contributed by atoms with van der Waals surface area (Å²) in [7, 11) is 1.70. The number of carbonyl (C=O) groups is 1. The third-order valence-corrected chi connectivity index (χ3v) is 10.2. The number of amides is 1. The van der Waals surface area contributed by atoms with E-state index in [1.807, 2.05) is 11.1 Å². The standard InChI is InChI=1S/C29H46FIN5O4/c1-21(2)19-35(25-15-22(17-32-18-25)28(37)34-10-13-40-14-11-34)29(38)27-26(9-4-5-12-39-3)36(33-20-31-27)24-8-6-7-23(30)16-24/h6-8,16,21-22,25,28,32-33,37H,4-5,9-15,17-20H2,1-3H3/q-1/t22-,25+,28?/m1/s1. The SMILES string of the molecule is COCCCCC1=C(C(=O)N(CC(C)C)[C@@H]2CNC[C@H](C(O)N3CCOCC3)C2)[I-]CNN1c1cccc(F)c1. The Morgan fingerprint density at radius 1 is 1.27 bits per heavy atom. The number of carbonyl (C=O) groups excluding carboxylic acids is 1. The molecule has 3 atom stereocenters. The molecule has 0 aromatic heterocycles. The number of nitrogens with zero attached hydrogens (tertiary/aromatic N) is 3. The van der Waals surface area contributed by atoms with Crippen molar-refractivity contribution in [1.29, 1.82) is 0 Å². The fourth-order valence-corrected chi connectivity index (χ4v) is 8.18. The Kier molecular flexibility index (Phi) is 12.4. The van der Waals surface area contributed by atoms with E-state index in [1.165, 1.54) is 12.1 Å². The molecule has 0 radical (unpaired) electrons. The van der Waals surface area contributed by atoms with Gasteiger partial charge in [-0.25, -0.2) is 0 Å². The van der Waals surface area contributed by atoms with Gasteiger partial charge in [-0.1, -0.05) is 0 Å². The minimum absolute atomic E-state index is 0.00639. The first-order valence-corrected chi connectivity index (χ1v) is 17.1. The summed E-state index contributed by atoms with van der Waals surface area (Å²) < 4.78 is 26.6. The van der Waals surface area contributed by atoms with Crippen LogP contribution in [0.15, 0.2) is 33.5 Å². The number of halogens is 2. The number of rotatable bonds is 12. The number of unbranched alkanes of at least 4 members (excludes halogenated alkanes) is 1. The van der Waals surface area contributed by atoms with Gasteiger partial charge in [0.1, 0.15) is 0 Å². The zero-order valence-corrected chi connectivity index (χ0v) is 26.2. The van der Waals surface area contributed by atoms with Gasteiger partial charge in [-0.15, -0.1) is 0 Å². The quantitative estimate of drug-likeness (QED) is 0.117. The van der Waals surface area contributed by atoms with Gasteiger partial charge in [0.15, 0.2) is 0 Å². The molecular formula is C29H46FIN5O4-. The number of aliphatic hydroxyl groups excluding tert-OH is 1. The van der Waals surface area contributed by atoms with Gasteiger partial charge >= 0.3 is 249 Å². The summed E-state index contributed by atoms with van der Waals surface area (Å²) in [5, 5.41) is 16.7. The second kappa shape index (κ2) is 15.8. The van der Waals surface area contributed by atoms with Gasteiger partial charge in [0.05, 0.1) is 0 Å². The number of ether oxygens (including phenoxy) is 2. The summed E-state index contributed by atoms with van der Waals surface area (Å²) in [5.41, 5.74) is 5.11. The number of allylic oxidation sites excluding steroid dienone is 1. The van der Waals surface area contributed by atoms with E-state index in [1.54, 1.807) is 13.2 Å². The van der Waals surface area contributed by atoms with Crippen LogP contribution in [0.25, 0.3) is 0 Å². The number of hydrogen-bond acceptors (Lipinski definition) is 8. The molecule has 2 saturated heterocycles. The first-order valence-electron chi connectivity index (χ1n) is 14.5. The van der Waals surface area contributed by atoms with E-state index in [-0.39, 0.29) is 23.7 Å². The van der Waals surface area contributed by atoms with Crippen LogP contribution in [0.5, 0.6) is 0 Å². The molecule has 226 valence electrons. The molecule has 1 unspecified atom stereocenters. The molecule has 4 rings (SSSR count). The normalized spacial score (nSPS) is 23.7. The van der Waals surface area contributed by atoms with E-state index in [9.17, 15) is 14.3 Å². The number of hydrazine groups is 1. The Morgan fingerprint density at radius 2 is 2.08 bits per heavy atom. The second-order valence-electron chi connectivity index (χ2n) is 11.2. The van der Waals surface area contributed by atoms with E-state index < -0.39 is 27.4 Å². The molecule has 0 spiro atoms. The molecule has 11 heteroatoms. The number of hydrogen-bond donors (Lipinski definition) is 3. The number of methoxy groups -OCH3 is 1.